The standard InChI is InChI=1S/C13H20N4O/c1-10-3-2-7-15-12(10)9-17(11-4-5-11)8-6-13(14)16-18/h2-3,7,11,18H,4-6,8-9H2,1H3,(H2,14,16). The summed E-state index contributed by atoms with van der Waals surface area (Å²) in [6.45, 7) is 3.74. The van der Waals surface area contributed by atoms with Crippen LogP contribution in [0.15, 0.2) is 23.5 Å². The van der Waals surface area contributed by atoms with E-state index in [4.69, 9.17) is 10.9 Å². The van der Waals surface area contributed by atoms with E-state index < -0.39 is 0 Å². The van der Waals surface area contributed by atoms with Gasteiger partial charge in [0, 0.05) is 31.7 Å². The van der Waals surface area contributed by atoms with Gasteiger partial charge in [-0.3, -0.25) is 9.88 Å². The Morgan fingerprint density at radius 3 is 3.00 bits per heavy atom. The van der Waals surface area contributed by atoms with E-state index in [0.717, 1.165) is 18.8 Å². The second-order valence-corrected chi connectivity index (χ2v) is 4.81. The summed E-state index contributed by atoms with van der Waals surface area (Å²) in [6.07, 6.45) is 4.90. The second kappa shape index (κ2) is 5.82. The minimum absolute atomic E-state index is 0.290. The molecule has 0 aliphatic heterocycles. The molecular weight excluding hydrogens is 228 g/mol. The Labute approximate surface area is 107 Å². The average molecular weight is 248 g/mol. The monoisotopic (exact) mass is 248 g/mol. The van der Waals surface area contributed by atoms with E-state index in [1.807, 2.05) is 12.3 Å². The van der Waals surface area contributed by atoms with Gasteiger partial charge in [-0.05, 0) is 31.4 Å². The summed E-state index contributed by atoms with van der Waals surface area (Å²) in [6, 6.07) is 4.67. The molecule has 0 spiro atoms. The summed E-state index contributed by atoms with van der Waals surface area (Å²) < 4.78 is 0. The second-order valence-electron chi connectivity index (χ2n) is 4.81. The van der Waals surface area contributed by atoms with Gasteiger partial charge >= 0.3 is 0 Å². The van der Waals surface area contributed by atoms with Crippen molar-refractivity contribution in [1.82, 2.24) is 9.88 Å². The van der Waals surface area contributed by atoms with Gasteiger partial charge in [-0.25, -0.2) is 0 Å². The zero-order valence-corrected chi connectivity index (χ0v) is 10.7. The normalized spacial score (nSPS) is 16.2. The van der Waals surface area contributed by atoms with Gasteiger partial charge in [0.05, 0.1) is 5.69 Å². The summed E-state index contributed by atoms with van der Waals surface area (Å²) in [5, 5.41) is 11.6. The van der Waals surface area contributed by atoms with Crippen molar-refractivity contribution in [2.24, 2.45) is 10.9 Å². The topological polar surface area (TPSA) is 74.7 Å². The molecule has 98 valence electrons. The molecule has 1 aliphatic rings. The van der Waals surface area contributed by atoms with Gasteiger partial charge in [0.15, 0.2) is 0 Å². The fourth-order valence-corrected chi connectivity index (χ4v) is 2.01. The SMILES string of the molecule is Cc1cccnc1CN(CC/C(N)=N/O)C1CC1. The van der Waals surface area contributed by atoms with Crippen LogP contribution in [-0.4, -0.2) is 33.5 Å². The highest BCUT2D eigenvalue weighted by molar-refractivity contribution is 5.79. The molecule has 5 nitrogen and oxygen atoms in total. The molecule has 2 rings (SSSR count). The van der Waals surface area contributed by atoms with Gasteiger partial charge < -0.3 is 10.9 Å². The Morgan fingerprint density at radius 2 is 2.39 bits per heavy atom. The van der Waals surface area contributed by atoms with E-state index in [9.17, 15) is 0 Å². The lowest BCUT2D eigenvalue weighted by Gasteiger charge is -2.21. The molecule has 0 radical (unpaired) electrons. The van der Waals surface area contributed by atoms with Crippen LogP contribution in [0.3, 0.4) is 0 Å². The fourth-order valence-electron chi connectivity index (χ4n) is 2.01. The highest BCUT2D eigenvalue weighted by atomic mass is 16.4. The molecule has 18 heavy (non-hydrogen) atoms. The van der Waals surface area contributed by atoms with Crippen LogP contribution in [0.5, 0.6) is 0 Å². The number of aromatic nitrogens is 1. The van der Waals surface area contributed by atoms with Crippen LogP contribution in [0.4, 0.5) is 0 Å². The highest BCUT2D eigenvalue weighted by Gasteiger charge is 2.29. The number of pyridine rings is 1. The molecule has 0 aromatic carbocycles. The van der Waals surface area contributed by atoms with E-state index in [-0.39, 0.29) is 0 Å². The number of nitrogens with zero attached hydrogens (tertiary/aromatic N) is 3. The lowest BCUT2D eigenvalue weighted by Crippen LogP contribution is -2.30. The number of nitrogens with two attached hydrogens (primary N) is 1. The maximum Gasteiger partial charge on any atom is 0.140 e. The van der Waals surface area contributed by atoms with Gasteiger partial charge in [-0.2, -0.15) is 0 Å². The van der Waals surface area contributed by atoms with Gasteiger partial charge in [-0.1, -0.05) is 11.2 Å². The van der Waals surface area contributed by atoms with E-state index >= 15 is 0 Å². The minimum Gasteiger partial charge on any atom is -0.409 e. The summed E-state index contributed by atoms with van der Waals surface area (Å²) in [5.74, 6) is 0.290. The Morgan fingerprint density at radius 1 is 1.61 bits per heavy atom. The average Bonchev–Trinajstić information content (AvgIpc) is 3.20. The van der Waals surface area contributed by atoms with Crippen molar-refractivity contribution >= 4 is 5.84 Å². The first-order valence-electron chi connectivity index (χ1n) is 6.31. The van der Waals surface area contributed by atoms with Crippen LogP contribution in [-0.2, 0) is 6.54 Å². The number of hydrogen-bond acceptors (Lipinski definition) is 4. The third-order valence-corrected chi connectivity index (χ3v) is 3.32. The Kier molecular flexibility index (Phi) is 4.15. The van der Waals surface area contributed by atoms with Crippen molar-refractivity contribution in [3.8, 4) is 0 Å². The number of aryl methyl sites for hydroxylation is 1. The third-order valence-electron chi connectivity index (χ3n) is 3.32. The molecule has 1 aromatic heterocycles. The van der Waals surface area contributed by atoms with Crippen molar-refractivity contribution < 1.29 is 5.21 Å². The maximum atomic E-state index is 8.57. The van der Waals surface area contributed by atoms with Gasteiger partial charge in [0.25, 0.3) is 0 Å². The van der Waals surface area contributed by atoms with Crippen LogP contribution < -0.4 is 5.73 Å². The number of rotatable bonds is 6. The minimum atomic E-state index is 0.290. The zero-order valence-electron chi connectivity index (χ0n) is 10.7. The number of amidine groups is 1. The predicted molar refractivity (Wildman–Crippen MR) is 70.4 cm³/mol. The van der Waals surface area contributed by atoms with Crippen molar-refractivity contribution in [2.45, 2.75) is 38.8 Å². The van der Waals surface area contributed by atoms with Crippen LogP contribution in [0, 0.1) is 6.92 Å². The van der Waals surface area contributed by atoms with Crippen molar-refractivity contribution in [1.29, 1.82) is 0 Å². The Hall–Kier alpha value is -1.62. The molecule has 1 aliphatic carbocycles. The first kappa shape index (κ1) is 12.8. The number of hydrogen-bond donors (Lipinski definition) is 2. The van der Waals surface area contributed by atoms with E-state index in [2.05, 4.69) is 28.0 Å². The maximum absolute atomic E-state index is 8.57. The molecule has 1 fully saturated rings. The zero-order chi connectivity index (χ0) is 13.0. The lowest BCUT2D eigenvalue weighted by molar-refractivity contribution is 0.256. The number of oxime groups is 1. The van der Waals surface area contributed by atoms with Gasteiger partial charge in [-0.15, -0.1) is 0 Å². The largest absolute Gasteiger partial charge is 0.409 e. The van der Waals surface area contributed by atoms with Crippen LogP contribution in [0.2, 0.25) is 0 Å². The van der Waals surface area contributed by atoms with E-state index in [0.29, 0.717) is 18.3 Å². The molecule has 3 N–H and O–H groups in total. The fraction of sp³-hybridized carbons (Fsp3) is 0.538. The molecule has 1 aromatic rings. The summed E-state index contributed by atoms with van der Waals surface area (Å²) in [7, 11) is 0. The highest BCUT2D eigenvalue weighted by Crippen LogP contribution is 2.28. The van der Waals surface area contributed by atoms with Crippen molar-refractivity contribution in [3.63, 3.8) is 0 Å². The molecule has 1 saturated carbocycles. The quantitative estimate of drug-likeness (QED) is 0.346. The Balaban J connectivity index is 1.96. The summed E-state index contributed by atoms with van der Waals surface area (Å²) >= 11 is 0. The molecule has 0 amide bonds. The lowest BCUT2D eigenvalue weighted by atomic mass is 10.2. The predicted octanol–water partition coefficient (Wildman–Crippen LogP) is 1.49. The summed E-state index contributed by atoms with van der Waals surface area (Å²) in [5.41, 5.74) is 7.85. The van der Waals surface area contributed by atoms with Crippen LogP contribution in [0.25, 0.3) is 0 Å². The van der Waals surface area contributed by atoms with Gasteiger partial charge in [0.1, 0.15) is 5.84 Å². The smallest absolute Gasteiger partial charge is 0.140 e. The first-order valence-corrected chi connectivity index (χ1v) is 6.31. The summed E-state index contributed by atoms with van der Waals surface area (Å²) in [4.78, 5) is 6.79. The van der Waals surface area contributed by atoms with Crippen LogP contribution >= 0.6 is 0 Å². The molecule has 0 saturated heterocycles. The molecule has 0 bridgehead atoms. The Bertz CT molecular complexity index is 429. The molecule has 0 unspecified atom stereocenters. The van der Waals surface area contributed by atoms with Crippen molar-refractivity contribution in [3.05, 3.63) is 29.6 Å². The molecule has 0 atom stereocenters. The third kappa shape index (κ3) is 3.43. The van der Waals surface area contributed by atoms with Crippen LogP contribution in [0.1, 0.15) is 30.5 Å². The molecule has 5 heteroatoms. The van der Waals surface area contributed by atoms with E-state index in [1.54, 1.807) is 0 Å². The van der Waals surface area contributed by atoms with E-state index in [1.165, 1.54) is 18.4 Å². The molecule has 1 heterocycles. The van der Waals surface area contributed by atoms with Gasteiger partial charge in [0.2, 0.25) is 0 Å². The van der Waals surface area contributed by atoms with Crippen molar-refractivity contribution in [2.75, 3.05) is 6.54 Å². The first-order chi connectivity index (χ1) is 8.70. The molecular formula is C13H20N4O.